The molecule has 0 saturated heterocycles. The molecule has 0 saturated carbocycles. The number of allylic oxidation sites excluding steroid dienone is 1. The number of benzene rings is 8. The van der Waals surface area contributed by atoms with Crippen LogP contribution in [0.2, 0.25) is 0 Å². The van der Waals surface area contributed by atoms with Crippen LogP contribution in [0, 0.1) is 22.7 Å². The first-order valence-electron chi connectivity index (χ1n) is 20.3. The first-order chi connectivity index (χ1) is 29.5. The van der Waals surface area contributed by atoms with E-state index in [2.05, 4.69) is 176 Å². The summed E-state index contributed by atoms with van der Waals surface area (Å²) in [5.41, 5.74) is 14.3. The number of aromatic nitrogens is 1. The lowest BCUT2D eigenvalue weighted by molar-refractivity contribution is 1.02. The molecule has 9 rings (SSSR count). The fraction of sp³-hybridized carbons (Fsp3) is 0.0526. The van der Waals surface area contributed by atoms with Gasteiger partial charge in [-0.1, -0.05) is 154 Å². The molecule has 0 unspecified atom stereocenters. The minimum Gasteiger partial charge on any atom is -0.310 e. The monoisotopic (exact) mass is 767 g/mol. The van der Waals surface area contributed by atoms with E-state index in [1.165, 1.54) is 10.9 Å². The maximum absolute atomic E-state index is 10.4. The molecule has 0 radical (unpaired) electrons. The lowest BCUT2D eigenvalue weighted by atomic mass is 9.76. The highest BCUT2D eigenvalue weighted by atomic mass is 15.0. The van der Waals surface area contributed by atoms with E-state index in [9.17, 15) is 10.5 Å². The van der Waals surface area contributed by atoms with Crippen LogP contribution in [0.25, 0.3) is 101 Å². The molecule has 0 spiro atoms. The van der Waals surface area contributed by atoms with Crippen LogP contribution in [-0.4, -0.2) is 4.57 Å². The molecule has 1 heterocycles. The van der Waals surface area contributed by atoms with E-state index < -0.39 is 0 Å². The third kappa shape index (κ3) is 6.04. The summed E-state index contributed by atoms with van der Waals surface area (Å²) in [7, 11) is 0. The molecular weight excluding hydrogens is 727 g/mol. The fourth-order valence-electron chi connectivity index (χ4n) is 9.29. The van der Waals surface area contributed by atoms with Crippen LogP contribution >= 0.6 is 0 Å². The Hall–Kier alpha value is -7.98. The van der Waals surface area contributed by atoms with Crippen LogP contribution in [-0.2, 0) is 6.42 Å². The van der Waals surface area contributed by atoms with Gasteiger partial charge >= 0.3 is 0 Å². The Labute approximate surface area is 351 Å². The third-order valence-electron chi connectivity index (χ3n) is 11.7. The van der Waals surface area contributed by atoms with Crippen molar-refractivity contribution in [1.82, 2.24) is 4.57 Å². The lowest BCUT2D eigenvalue weighted by Gasteiger charge is -2.26. The Morgan fingerprint density at radius 3 is 1.43 bits per heavy atom. The second-order valence-electron chi connectivity index (χ2n) is 14.9. The molecule has 0 bridgehead atoms. The Morgan fingerprint density at radius 1 is 0.517 bits per heavy atom. The molecule has 284 valence electrons. The number of rotatable bonds is 9. The number of nitriles is 2. The molecule has 0 atom stereocenters. The largest absolute Gasteiger partial charge is 0.310 e. The van der Waals surface area contributed by atoms with E-state index in [1.807, 2.05) is 37.3 Å². The zero-order valence-electron chi connectivity index (χ0n) is 33.7. The molecule has 3 nitrogen and oxygen atoms in total. The second-order valence-corrected chi connectivity index (χ2v) is 14.9. The van der Waals surface area contributed by atoms with Gasteiger partial charge in [0.2, 0.25) is 0 Å². The summed E-state index contributed by atoms with van der Waals surface area (Å²) in [6.45, 7) is 12.6. The van der Waals surface area contributed by atoms with E-state index >= 15 is 0 Å². The summed E-state index contributed by atoms with van der Waals surface area (Å²) in [6.07, 6.45) is 8.95. The van der Waals surface area contributed by atoms with Crippen molar-refractivity contribution in [2.45, 2.75) is 20.3 Å². The molecule has 0 aliphatic rings. The number of hydrogen-bond acceptors (Lipinski definition) is 2. The molecule has 0 amide bonds. The highest BCUT2D eigenvalue weighted by Gasteiger charge is 2.28. The summed E-state index contributed by atoms with van der Waals surface area (Å²) in [4.78, 5) is 0. The molecule has 1 aromatic heterocycles. The second kappa shape index (κ2) is 15.8. The molecule has 60 heavy (non-hydrogen) atoms. The molecule has 0 fully saturated rings. The smallest absolute Gasteiger partial charge is 0.0992 e. The lowest BCUT2D eigenvalue weighted by Crippen LogP contribution is -2.02. The van der Waals surface area contributed by atoms with Crippen LogP contribution in [0.4, 0.5) is 0 Å². The average Bonchev–Trinajstić information content (AvgIpc) is 3.63. The standard InChI is InChI=1S/C57H41N3/c1-5-19-51-45(7-3)44(6-2)50(8-4)60(51)43-30-28-41(29-31-43)52-53(39-20-11-9-12-21-39)56-48-26-17-15-24-46(48)47-25-16-18-27-49(47)57(56)54(40-22-13-10-14-23-40)55(52)42-33-37(35-58)32-38(34-42)36-59/h5-6,8-34H,2,4,7H2,1,3H3/b19-5-. The van der Waals surface area contributed by atoms with Gasteiger partial charge in [0.1, 0.15) is 0 Å². The van der Waals surface area contributed by atoms with Crippen molar-refractivity contribution in [2.75, 3.05) is 0 Å². The summed E-state index contributed by atoms with van der Waals surface area (Å²) < 4.78 is 2.27. The third-order valence-corrected chi connectivity index (χ3v) is 11.7. The summed E-state index contributed by atoms with van der Waals surface area (Å²) in [5, 5.41) is 27.7. The fourth-order valence-corrected chi connectivity index (χ4v) is 9.29. The van der Waals surface area contributed by atoms with Crippen molar-refractivity contribution in [3.8, 4) is 62.3 Å². The number of fused-ring (bicyclic) bond motifs is 6. The van der Waals surface area contributed by atoms with E-state index in [0.29, 0.717) is 11.1 Å². The highest BCUT2D eigenvalue weighted by molar-refractivity contribution is 6.35. The van der Waals surface area contributed by atoms with Crippen molar-refractivity contribution < 1.29 is 0 Å². The zero-order chi connectivity index (χ0) is 41.3. The predicted octanol–water partition coefficient (Wildman–Crippen LogP) is 15.2. The molecule has 0 aliphatic heterocycles. The van der Waals surface area contributed by atoms with Gasteiger partial charge in [0.05, 0.1) is 29.0 Å². The van der Waals surface area contributed by atoms with Gasteiger partial charge in [0.15, 0.2) is 0 Å². The Kier molecular flexibility index (Phi) is 9.87. The van der Waals surface area contributed by atoms with E-state index in [1.54, 1.807) is 6.07 Å². The molecular formula is C57H41N3. The van der Waals surface area contributed by atoms with Crippen molar-refractivity contribution in [3.63, 3.8) is 0 Å². The van der Waals surface area contributed by atoms with Gasteiger partial charge in [-0.3, -0.25) is 0 Å². The molecule has 3 heteroatoms. The van der Waals surface area contributed by atoms with Gasteiger partial charge in [-0.05, 0) is 138 Å². The minimum atomic E-state index is 0.430. The van der Waals surface area contributed by atoms with Gasteiger partial charge in [-0.2, -0.15) is 10.5 Å². The molecule has 0 N–H and O–H groups in total. The van der Waals surface area contributed by atoms with Crippen molar-refractivity contribution in [3.05, 3.63) is 205 Å². The van der Waals surface area contributed by atoms with Crippen molar-refractivity contribution in [2.24, 2.45) is 0 Å². The number of hydrogen-bond donors (Lipinski definition) is 0. The Morgan fingerprint density at radius 2 is 0.983 bits per heavy atom. The van der Waals surface area contributed by atoms with Gasteiger partial charge < -0.3 is 4.57 Å². The van der Waals surface area contributed by atoms with Gasteiger partial charge in [0, 0.05) is 16.9 Å². The predicted molar refractivity (Wildman–Crippen MR) is 254 cm³/mol. The molecule has 9 aromatic rings. The van der Waals surface area contributed by atoms with Crippen LogP contribution in [0.3, 0.4) is 0 Å². The van der Waals surface area contributed by atoms with Crippen molar-refractivity contribution in [1.29, 1.82) is 10.5 Å². The van der Waals surface area contributed by atoms with Gasteiger partial charge in [-0.25, -0.2) is 0 Å². The zero-order valence-corrected chi connectivity index (χ0v) is 33.7. The summed E-state index contributed by atoms with van der Waals surface area (Å²) in [6, 6.07) is 57.7. The maximum Gasteiger partial charge on any atom is 0.0992 e. The summed E-state index contributed by atoms with van der Waals surface area (Å²) >= 11 is 0. The SMILES string of the molecule is C=Cc1c(CC)c(/C=C\C)n(-c2ccc(-c3c(-c4cc(C#N)cc(C#N)c4)c(-c4ccccc4)c4c5ccccc5c5ccccc5c4c3-c3ccccc3)cc2)c1C=C. The Bertz CT molecular complexity index is 3240. The molecule has 0 aliphatic carbocycles. The molecule has 8 aromatic carbocycles. The first kappa shape index (κ1) is 37.6. The van der Waals surface area contributed by atoms with E-state index in [0.717, 1.165) is 100 Å². The maximum atomic E-state index is 10.4. The van der Waals surface area contributed by atoms with E-state index in [-0.39, 0.29) is 0 Å². The average molecular weight is 768 g/mol. The van der Waals surface area contributed by atoms with Gasteiger partial charge in [-0.15, -0.1) is 0 Å². The summed E-state index contributed by atoms with van der Waals surface area (Å²) in [5.74, 6) is 0. The number of nitrogens with zero attached hydrogens (tertiary/aromatic N) is 3. The van der Waals surface area contributed by atoms with Crippen LogP contribution < -0.4 is 0 Å². The van der Waals surface area contributed by atoms with Gasteiger partial charge in [0.25, 0.3) is 0 Å². The van der Waals surface area contributed by atoms with E-state index in [4.69, 9.17) is 0 Å². The first-order valence-corrected chi connectivity index (χ1v) is 20.3. The quantitative estimate of drug-likeness (QED) is 0.137. The van der Waals surface area contributed by atoms with Crippen molar-refractivity contribution >= 4 is 50.5 Å². The van der Waals surface area contributed by atoms with Crippen LogP contribution in [0.5, 0.6) is 0 Å². The highest BCUT2D eigenvalue weighted by Crippen LogP contribution is 2.54. The topological polar surface area (TPSA) is 52.5 Å². The Balaban J connectivity index is 1.53. The minimum absolute atomic E-state index is 0.430. The van der Waals surface area contributed by atoms with Crippen LogP contribution in [0.15, 0.2) is 171 Å². The normalized spacial score (nSPS) is 11.3. The van der Waals surface area contributed by atoms with Crippen LogP contribution in [0.1, 0.15) is 47.5 Å².